The predicted octanol–water partition coefficient (Wildman–Crippen LogP) is 0.426. The average Bonchev–Trinajstić information content (AvgIpc) is 2.63. The Kier molecular flexibility index (Phi) is 1.93. The van der Waals surface area contributed by atoms with E-state index < -0.39 is 6.23 Å². The van der Waals surface area contributed by atoms with Gasteiger partial charge in [-0.1, -0.05) is 12.8 Å². The molecule has 0 aromatic carbocycles. The van der Waals surface area contributed by atoms with Crippen LogP contribution < -0.4 is 5.32 Å². The number of aldehydes is 1. The lowest BCUT2D eigenvalue weighted by Crippen LogP contribution is -2.36. The SMILES string of the molecule is O=C[C@@H]1CC2(CCCC2)C(O)N1. The highest BCUT2D eigenvalue weighted by molar-refractivity contribution is 5.58. The first kappa shape index (κ1) is 8.20. The fourth-order valence-corrected chi connectivity index (χ4v) is 2.63. The molecule has 2 N–H and O–H groups in total. The van der Waals surface area contributed by atoms with Gasteiger partial charge in [0.15, 0.2) is 0 Å². The number of hydrogen-bond donors (Lipinski definition) is 2. The third-order valence-corrected chi connectivity index (χ3v) is 3.34. The number of nitrogens with one attached hydrogen (secondary N) is 1. The van der Waals surface area contributed by atoms with Crippen molar-refractivity contribution in [2.45, 2.75) is 44.4 Å². The summed E-state index contributed by atoms with van der Waals surface area (Å²) in [5.74, 6) is 0. The Balaban J connectivity index is 2.11. The van der Waals surface area contributed by atoms with E-state index in [4.69, 9.17) is 0 Å². The van der Waals surface area contributed by atoms with Gasteiger partial charge >= 0.3 is 0 Å². The van der Waals surface area contributed by atoms with Gasteiger partial charge < -0.3 is 9.90 Å². The van der Waals surface area contributed by atoms with Gasteiger partial charge in [-0.15, -0.1) is 0 Å². The molecule has 0 amide bonds. The zero-order valence-electron chi connectivity index (χ0n) is 7.12. The molecule has 2 rings (SSSR count). The van der Waals surface area contributed by atoms with Gasteiger partial charge in [0.05, 0.1) is 6.04 Å². The molecule has 1 unspecified atom stereocenters. The van der Waals surface area contributed by atoms with E-state index in [0.29, 0.717) is 0 Å². The summed E-state index contributed by atoms with van der Waals surface area (Å²) < 4.78 is 0. The summed E-state index contributed by atoms with van der Waals surface area (Å²) in [7, 11) is 0. The monoisotopic (exact) mass is 169 g/mol. The first-order chi connectivity index (χ1) is 5.77. The number of aliphatic hydroxyl groups excluding tert-OH is 1. The van der Waals surface area contributed by atoms with Crippen LogP contribution in [0.1, 0.15) is 32.1 Å². The summed E-state index contributed by atoms with van der Waals surface area (Å²) >= 11 is 0. The lowest BCUT2D eigenvalue weighted by molar-refractivity contribution is -0.109. The van der Waals surface area contributed by atoms with Crippen molar-refractivity contribution in [2.24, 2.45) is 5.41 Å². The van der Waals surface area contributed by atoms with Crippen molar-refractivity contribution in [3.05, 3.63) is 0 Å². The van der Waals surface area contributed by atoms with E-state index >= 15 is 0 Å². The third-order valence-electron chi connectivity index (χ3n) is 3.34. The highest BCUT2D eigenvalue weighted by atomic mass is 16.3. The molecule has 1 heterocycles. The van der Waals surface area contributed by atoms with Gasteiger partial charge in [-0.05, 0) is 19.3 Å². The van der Waals surface area contributed by atoms with Crippen molar-refractivity contribution in [2.75, 3.05) is 0 Å². The summed E-state index contributed by atoms with van der Waals surface area (Å²) in [6.07, 6.45) is 5.84. The maximum Gasteiger partial charge on any atom is 0.136 e. The van der Waals surface area contributed by atoms with Gasteiger partial charge in [-0.3, -0.25) is 5.32 Å². The molecule has 68 valence electrons. The van der Waals surface area contributed by atoms with Crippen LogP contribution in [0.4, 0.5) is 0 Å². The fourth-order valence-electron chi connectivity index (χ4n) is 2.63. The molecule has 0 aromatic heterocycles. The number of carbonyl (C=O) groups excluding carboxylic acids is 1. The molecule has 1 saturated heterocycles. The van der Waals surface area contributed by atoms with Gasteiger partial charge in [0.25, 0.3) is 0 Å². The minimum atomic E-state index is -0.449. The summed E-state index contributed by atoms with van der Waals surface area (Å²) in [5.41, 5.74) is 0.0333. The van der Waals surface area contributed by atoms with Crippen LogP contribution in [0, 0.1) is 5.41 Å². The van der Waals surface area contributed by atoms with Gasteiger partial charge in [0.1, 0.15) is 12.5 Å². The Labute approximate surface area is 72.2 Å². The standard InChI is InChI=1S/C9H15NO2/c11-6-7-5-9(8(12)10-7)3-1-2-4-9/h6-8,10,12H,1-5H2/t7-,8?/m0/s1. The Morgan fingerprint density at radius 2 is 2.08 bits per heavy atom. The molecule has 0 aromatic rings. The first-order valence-corrected chi connectivity index (χ1v) is 4.66. The van der Waals surface area contributed by atoms with E-state index in [0.717, 1.165) is 25.5 Å². The van der Waals surface area contributed by atoms with Crippen LogP contribution in [0.3, 0.4) is 0 Å². The van der Waals surface area contributed by atoms with Crippen molar-refractivity contribution < 1.29 is 9.90 Å². The van der Waals surface area contributed by atoms with Gasteiger partial charge in [0.2, 0.25) is 0 Å². The van der Waals surface area contributed by atoms with Crippen LogP contribution in [0.2, 0.25) is 0 Å². The van der Waals surface area contributed by atoms with Gasteiger partial charge in [-0.25, -0.2) is 0 Å². The van der Waals surface area contributed by atoms with Crippen molar-refractivity contribution in [1.29, 1.82) is 0 Å². The second kappa shape index (κ2) is 2.82. The van der Waals surface area contributed by atoms with E-state index in [-0.39, 0.29) is 11.5 Å². The van der Waals surface area contributed by atoms with Crippen LogP contribution in [0.5, 0.6) is 0 Å². The first-order valence-electron chi connectivity index (χ1n) is 4.66. The molecule has 1 aliphatic heterocycles. The van der Waals surface area contributed by atoms with Crippen molar-refractivity contribution >= 4 is 6.29 Å². The van der Waals surface area contributed by atoms with E-state index in [1.807, 2.05) is 0 Å². The number of carbonyl (C=O) groups is 1. The van der Waals surface area contributed by atoms with Crippen molar-refractivity contribution in [3.8, 4) is 0 Å². The van der Waals surface area contributed by atoms with E-state index in [1.165, 1.54) is 12.8 Å². The van der Waals surface area contributed by atoms with E-state index in [9.17, 15) is 9.90 Å². The molecule has 2 aliphatic rings. The normalized spacial score (nSPS) is 39.1. The molecular weight excluding hydrogens is 154 g/mol. The quantitative estimate of drug-likeness (QED) is 0.559. The largest absolute Gasteiger partial charge is 0.378 e. The molecule has 1 spiro atoms. The van der Waals surface area contributed by atoms with E-state index in [1.54, 1.807) is 0 Å². The fraction of sp³-hybridized carbons (Fsp3) is 0.889. The predicted molar refractivity (Wildman–Crippen MR) is 44.5 cm³/mol. The van der Waals surface area contributed by atoms with Crippen molar-refractivity contribution in [1.82, 2.24) is 5.32 Å². The molecular formula is C9H15NO2. The van der Waals surface area contributed by atoms with E-state index in [2.05, 4.69) is 5.32 Å². The molecule has 3 heteroatoms. The third kappa shape index (κ3) is 1.08. The molecule has 0 radical (unpaired) electrons. The molecule has 12 heavy (non-hydrogen) atoms. The average molecular weight is 169 g/mol. The topological polar surface area (TPSA) is 49.3 Å². The summed E-state index contributed by atoms with van der Waals surface area (Å²) in [6, 6.07) is -0.113. The van der Waals surface area contributed by atoms with Crippen LogP contribution in [0.25, 0.3) is 0 Å². The second-order valence-electron chi connectivity index (χ2n) is 4.09. The van der Waals surface area contributed by atoms with Crippen LogP contribution in [-0.2, 0) is 4.79 Å². The minimum absolute atomic E-state index is 0.0333. The van der Waals surface area contributed by atoms with Gasteiger partial charge in [0, 0.05) is 5.41 Å². The minimum Gasteiger partial charge on any atom is -0.378 e. The lowest BCUT2D eigenvalue weighted by Gasteiger charge is -2.25. The highest BCUT2D eigenvalue weighted by Crippen LogP contribution is 2.47. The molecule has 0 bridgehead atoms. The Morgan fingerprint density at radius 3 is 2.58 bits per heavy atom. The number of hydrogen-bond acceptors (Lipinski definition) is 3. The summed E-state index contributed by atoms with van der Waals surface area (Å²) in [6.45, 7) is 0. The smallest absolute Gasteiger partial charge is 0.136 e. The Bertz CT molecular complexity index is 187. The zero-order valence-corrected chi connectivity index (χ0v) is 7.12. The van der Waals surface area contributed by atoms with Crippen LogP contribution >= 0.6 is 0 Å². The summed E-state index contributed by atoms with van der Waals surface area (Å²) in [5, 5.41) is 12.6. The second-order valence-corrected chi connectivity index (χ2v) is 4.09. The molecule has 2 atom stereocenters. The molecule has 2 fully saturated rings. The molecule has 1 saturated carbocycles. The Hall–Kier alpha value is -0.410. The van der Waals surface area contributed by atoms with Crippen molar-refractivity contribution in [3.63, 3.8) is 0 Å². The lowest BCUT2D eigenvalue weighted by atomic mass is 9.82. The highest BCUT2D eigenvalue weighted by Gasteiger charge is 2.47. The Morgan fingerprint density at radius 1 is 1.42 bits per heavy atom. The zero-order chi connectivity index (χ0) is 8.60. The maximum absolute atomic E-state index is 10.5. The number of rotatable bonds is 1. The van der Waals surface area contributed by atoms with Crippen LogP contribution in [-0.4, -0.2) is 23.7 Å². The maximum atomic E-state index is 10.5. The molecule has 3 nitrogen and oxygen atoms in total. The number of aliphatic hydroxyl groups is 1. The molecule has 1 aliphatic carbocycles. The summed E-state index contributed by atoms with van der Waals surface area (Å²) in [4.78, 5) is 10.5. The van der Waals surface area contributed by atoms with Crippen LogP contribution in [0.15, 0.2) is 0 Å². The van der Waals surface area contributed by atoms with Gasteiger partial charge in [-0.2, -0.15) is 0 Å².